The number of carbonyl (C=O) groups excluding carboxylic acids is 1. The lowest BCUT2D eigenvalue weighted by molar-refractivity contribution is 0.0185. The molecule has 0 aliphatic carbocycles. The van der Waals surface area contributed by atoms with Crippen molar-refractivity contribution in [1.82, 2.24) is 15.5 Å². The van der Waals surface area contributed by atoms with Gasteiger partial charge in [-0.05, 0) is 70.4 Å². The monoisotopic (exact) mass is 394 g/mol. The van der Waals surface area contributed by atoms with Gasteiger partial charge in [0.05, 0.1) is 6.54 Å². The van der Waals surface area contributed by atoms with Crippen LogP contribution in [0.5, 0.6) is 0 Å². The van der Waals surface area contributed by atoms with Crippen LogP contribution in [0.1, 0.15) is 51.0 Å². The summed E-state index contributed by atoms with van der Waals surface area (Å²) in [7, 11) is 0. The average molecular weight is 395 g/mol. The van der Waals surface area contributed by atoms with E-state index < -0.39 is 5.60 Å². The Morgan fingerprint density at radius 2 is 2.04 bits per heavy atom. The molecule has 0 bridgehead atoms. The summed E-state index contributed by atoms with van der Waals surface area (Å²) < 4.78 is 5.46. The summed E-state index contributed by atoms with van der Waals surface area (Å²) in [5.41, 5.74) is 0.863. The fraction of sp³-hybridized carbons (Fsp3) is 0.700. The topological polar surface area (TPSA) is 66.0 Å². The lowest BCUT2D eigenvalue weighted by Crippen LogP contribution is -2.45. The first-order valence-corrected chi connectivity index (χ1v) is 10.7. The normalized spacial score (nSPS) is 16.3. The third kappa shape index (κ3) is 7.40. The molecule has 1 fully saturated rings. The number of aliphatic imine (C=N–C) groups is 1. The van der Waals surface area contributed by atoms with Crippen LogP contribution in [0.2, 0.25) is 0 Å². The zero-order chi connectivity index (χ0) is 19.9. The van der Waals surface area contributed by atoms with E-state index in [0.29, 0.717) is 12.5 Å². The van der Waals surface area contributed by atoms with Crippen LogP contribution >= 0.6 is 11.3 Å². The van der Waals surface area contributed by atoms with Crippen molar-refractivity contribution in [3.63, 3.8) is 0 Å². The van der Waals surface area contributed by atoms with Crippen LogP contribution in [-0.4, -0.2) is 48.7 Å². The maximum Gasteiger partial charge on any atom is 0.410 e. The molecule has 1 aromatic rings. The van der Waals surface area contributed by atoms with Crippen molar-refractivity contribution in [3.8, 4) is 0 Å². The Kier molecular flexibility index (Phi) is 7.95. The number of ether oxygens (including phenoxy) is 1. The predicted octanol–water partition coefficient (Wildman–Crippen LogP) is 3.76. The van der Waals surface area contributed by atoms with Gasteiger partial charge in [0.25, 0.3) is 0 Å². The van der Waals surface area contributed by atoms with Crippen molar-refractivity contribution in [2.45, 2.75) is 59.6 Å². The van der Waals surface area contributed by atoms with E-state index in [9.17, 15) is 4.79 Å². The minimum Gasteiger partial charge on any atom is -0.444 e. The van der Waals surface area contributed by atoms with Crippen molar-refractivity contribution in [2.75, 3.05) is 26.2 Å². The van der Waals surface area contributed by atoms with E-state index in [1.165, 1.54) is 10.4 Å². The van der Waals surface area contributed by atoms with E-state index in [1.807, 2.05) is 25.7 Å². The van der Waals surface area contributed by atoms with Crippen molar-refractivity contribution >= 4 is 23.4 Å². The van der Waals surface area contributed by atoms with E-state index in [0.717, 1.165) is 45.0 Å². The Morgan fingerprint density at radius 1 is 1.33 bits per heavy atom. The second-order valence-corrected chi connectivity index (χ2v) is 9.01. The highest BCUT2D eigenvalue weighted by molar-refractivity contribution is 7.10. The second-order valence-electron chi connectivity index (χ2n) is 8.01. The lowest BCUT2D eigenvalue weighted by Gasteiger charge is -2.33. The molecule has 7 heteroatoms. The van der Waals surface area contributed by atoms with E-state index in [-0.39, 0.29) is 6.09 Å². The van der Waals surface area contributed by atoms with Crippen molar-refractivity contribution < 1.29 is 9.53 Å². The Labute approximate surface area is 167 Å². The van der Waals surface area contributed by atoms with Crippen LogP contribution in [0, 0.1) is 12.8 Å². The number of amides is 1. The molecule has 152 valence electrons. The van der Waals surface area contributed by atoms with Gasteiger partial charge in [0, 0.05) is 31.1 Å². The number of rotatable bonds is 5. The number of hydrogen-bond acceptors (Lipinski definition) is 4. The SMILES string of the molecule is CCNC(=NCc1sccc1C)NCC1CCN(C(=O)OC(C)(C)C)CC1. The van der Waals surface area contributed by atoms with Gasteiger partial charge in [0.1, 0.15) is 5.60 Å². The van der Waals surface area contributed by atoms with Crippen LogP contribution in [0.25, 0.3) is 0 Å². The number of guanidine groups is 1. The molecular weight excluding hydrogens is 360 g/mol. The fourth-order valence-corrected chi connectivity index (χ4v) is 3.78. The molecule has 1 aliphatic rings. The quantitative estimate of drug-likeness (QED) is 0.589. The van der Waals surface area contributed by atoms with Gasteiger partial charge >= 0.3 is 6.09 Å². The second kappa shape index (κ2) is 9.97. The molecule has 2 heterocycles. The molecule has 1 aromatic heterocycles. The van der Waals surface area contributed by atoms with E-state index >= 15 is 0 Å². The van der Waals surface area contributed by atoms with Crippen LogP contribution in [0.15, 0.2) is 16.4 Å². The summed E-state index contributed by atoms with van der Waals surface area (Å²) >= 11 is 1.75. The summed E-state index contributed by atoms with van der Waals surface area (Å²) in [6, 6.07) is 2.13. The molecule has 0 spiro atoms. The number of piperidine rings is 1. The molecule has 0 saturated carbocycles. The van der Waals surface area contributed by atoms with E-state index in [4.69, 9.17) is 9.73 Å². The van der Waals surface area contributed by atoms with Gasteiger partial charge in [-0.2, -0.15) is 0 Å². The summed E-state index contributed by atoms with van der Waals surface area (Å²) in [5, 5.41) is 8.89. The van der Waals surface area contributed by atoms with Gasteiger partial charge in [-0.15, -0.1) is 11.3 Å². The standard InChI is InChI=1S/C20H34N4O2S/c1-6-21-18(23-14-17-15(2)9-12-27-17)22-13-16-7-10-24(11-8-16)19(25)26-20(3,4)5/h9,12,16H,6-8,10-11,13-14H2,1-5H3,(H2,21,22,23). The highest BCUT2D eigenvalue weighted by atomic mass is 32.1. The highest BCUT2D eigenvalue weighted by Crippen LogP contribution is 2.19. The summed E-state index contributed by atoms with van der Waals surface area (Å²) in [6.45, 7) is 13.8. The maximum absolute atomic E-state index is 12.2. The molecule has 1 aliphatic heterocycles. The molecule has 0 unspecified atom stereocenters. The van der Waals surface area contributed by atoms with Crippen LogP contribution < -0.4 is 10.6 Å². The Hall–Kier alpha value is -1.76. The largest absolute Gasteiger partial charge is 0.444 e. The van der Waals surface area contributed by atoms with Crippen molar-refractivity contribution in [1.29, 1.82) is 0 Å². The van der Waals surface area contributed by atoms with Gasteiger partial charge < -0.3 is 20.3 Å². The van der Waals surface area contributed by atoms with Gasteiger partial charge in [0.15, 0.2) is 5.96 Å². The molecule has 1 amide bonds. The summed E-state index contributed by atoms with van der Waals surface area (Å²) in [6.07, 6.45) is 1.76. The first kappa shape index (κ1) is 21.5. The van der Waals surface area contributed by atoms with Crippen molar-refractivity contribution in [2.24, 2.45) is 10.9 Å². The minimum absolute atomic E-state index is 0.199. The van der Waals surface area contributed by atoms with Gasteiger partial charge in [-0.1, -0.05) is 0 Å². The van der Waals surface area contributed by atoms with Gasteiger partial charge in [-0.3, -0.25) is 0 Å². The van der Waals surface area contributed by atoms with E-state index in [2.05, 4.69) is 35.9 Å². The van der Waals surface area contributed by atoms with Gasteiger partial charge in [-0.25, -0.2) is 9.79 Å². The molecule has 2 N–H and O–H groups in total. The summed E-state index contributed by atoms with van der Waals surface area (Å²) in [5.74, 6) is 1.40. The Balaban J connectivity index is 1.78. The number of aryl methyl sites for hydroxylation is 1. The number of likely N-dealkylation sites (tertiary alicyclic amines) is 1. The number of carbonyl (C=O) groups is 1. The molecule has 2 rings (SSSR count). The maximum atomic E-state index is 12.2. The van der Waals surface area contributed by atoms with Crippen LogP contribution in [-0.2, 0) is 11.3 Å². The van der Waals surface area contributed by atoms with Crippen LogP contribution in [0.3, 0.4) is 0 Å². The number of thiophene rings is 1. The molecule has 6 nitrogen and oxygen atoms in total. The molecule has 0 atom stereocenters. The smallest absolute Gasteiger partial charge is 0.410 e. The first-order chi connectivity index (χ1) is 12.8. The summed E-state index contributed by atoms with van der Waals surface area (Å²) in [4.78, 5) is 20.0. The lowest BCUT2D eigenvalue weighted by atomic mass is 9.97. The van der Waals surface area contributed by atoms with E-state index in [1.54, 1.807) is 11.3 Å². The minimum atomic E-state index is -0.437. The molecule has 27 heavy (non-hydrogen) atoms. The third-order valence-electron chi connectivity index (χ3n) is 4.52. The zero-order valence-electron chi connectivity index (χ0n) is 17.3. The molecular formula is C20H34N4O2S. The fourth-order valence-electron chi connectivity index (χ4n) is 2.95. The highest BCUT2D eigenvalue weighted by Gasteiger charge is 2.26. The predicted molar refractivity (Wildman–Crippen MR) is 112 cm³/mol. The number of nitrogens with zero attached hydrogens (tertiary/aromatic N) is 2. The first-order valence-electron chi connectivity index (χ1n) is 9.81. The molecule has 0 radical (unpaired) electrons. The van der Waals surface area contributed by atoms with Gasteiger partial charge in [0.2, 0.25) is 0 Å². The number of nitrogens with one attached hydrogen (secondary N) is 2. The zero-order valence-corrected chi connectivity index (χ0v) is 18.1. The average Bonchev–Trinajstić information content (AvgIpc) is 3.01. The van der Waals surface area contributed by atoms with Crippen molar-refractivity contribution in [3.05, 3.63) is 21.9 Å². The Morgan fingerprint density at radius 3 is 2.59 bits per heavy atom. The third-order valence-corrected chi connectivity index (χ3v) is 5.53. The Bertz CT molecular complexity index is 628. The van der Waals surface area contributed by atoms with Crippen LogP contribution in [0.4, 0.5) is 4.79 Å². The molecule has 0 aromatic carbocycles. The number of hydrogen-bond donors (Lipinski definition) is 2. The molecule has 1 saturated heterocycles.